The van der Waals surface area contributed by atoms with Crippen molar-refractivity contribution in [1.82, 2.24) is 4.90 Å². The van der Waals surface area contributed by atoms with Crippen molar-refractivity contribution in [2.45, 2.75) is 26.4 Å². The number of nitrogens with two attached hydrogens (primary N) is 1. The van der Waals surface area contributed by atoms with Gasteiger partial charge in [-0.2, -0.15) is 0 Å². The van der Waals surface area contributed by atoms with E-state index in [2.05, 4.69) is 5.32 Å². The molecule has 0 aliphatic carbocycles. The number of carbonyl (C=O) groups excluding carboxylic acids is 1. The van der Waals surface area contributed by atoms with E-state index in [0.717, 1.165) is 5.69 Å². The molecule has 3 N–H and O–H groups in total. The minimum atomic E-state index is -0.490. The van der Waals surface area contributed by atoms with Crippen LogP contribution in [-0.4, -0.2) is 29.7 Å². The Morgan fingerprint density at radius 3 is 2.61 bits per heavy atom. The average molecular weight is 358 g/mol. The van der Waals surface area contributed by atoms with Crippen LogP contribution in [0, 0.1) is 5.92 Å². The summed E-state index contributed by atoms with van der Waals surface area (Å²) in [5, 5.41) is 4.15. The Kier molecular flexibility index (Phi) is 5.32. The molecule has 1 saturated heterocycles. The number of nitrogens with one attached hydrogen (secondary N) is 1. The highest BCUT2D eigenvalue weighted by Gasteiger charge is 2.34. The number of ether oxygens (including phenoxy) is 1. The number of anilines is 1. The van der Waals surface area contributed by atoms with Crippen LogP contribution in [0.25, 0.3) is 0 Å². The molecule has 1 aliphatic rings. The normalized spacial score (nSPS) is 16.0. The molecular weight excluding hydrogens is 337 g/mol. The summed E-state index contributed by atoms with van der Waals surface area (Å²) in [5.74, 6) is 0.112. The Labute approximate surface area is 146 Å². The van der Waals surface area contributed by atoms with Gasteiger partial charge in [-0.1, -0.05) is 23.2 Å². The van der Waals surface area contributed by atoms with Crippen molar-refractivity contribution in [1.29, 1.82) is 0 Å². The van der Waals surface area contributed by atoms with E-state index in [4.69, 9.17) is 33.7 Å². The zero-order valence-corrected chi connectivity index (χ0v) is 14.9. The van der Waals surface area contributed by atoms with E-state index >= 15 is 0 Å². The SMILES string of the molecule is CC(C)(C)OC(=O)N1CC(/C(N)=C/Nc2ccc(Cl)cc2Cl)C1. The minimum absolute atomic E-state index is 0.112. The molecule has 1 fully saturated rings. The van der Waals surface area contributed by atoms with Crippen LogP contribution in [-0.2, 0) is 4.74 Å². The van der Waals surface area contributed by atoms with Crippen molar-refractivity contribution in [2.75, 3.05) is 18.4 Å². The maximum absolute atomic E-state index is 11.9. The molecule has 1 amide bonds. The molecule has 0 radical (unpaired) electrons. The Hall–Kier alpha value is -1.59. The quantitative estimate of drug-likeness (QED) is 0.855. The minimum Gasteiger partial charge on any atom is -0.444 e. The highest BCUT2D eigenvalue weighted by molar-refractivity contribution is 6.36. The van der Waals surface area contributed by atoms with Gasteiger partial charge in [0.05, 0.1) is 10.7 Å². The molecule has 1 aromatic rings. The number of hydrogen-bond acceptors (Lipinski definition) is 4. The molecule has 23 heavy (non-hydrogen) atoms. The Balaban J connectivity index is 1.86. The summed E-state index contributed by atoms with van der Waals surface area (Å²) in [6, 6.07) is 5.18. The molecule has 0 saturated carbocycles. The van der Waals surface area contributed by atoms with Crippen LogP contribution in [0.4, 0.5) is 10.5 Å². The monoisotopic (exact) mass is 357 g/mol. The van der Waals surface area contributed by atoms with Gasteiger partial charge in [0.2, 0.25) is 0 Å². The third-order valence-electron chi connectivity index (χ3n) is 3.33. The lowest BCUT2D eigenvalue weighted by Crippen LogP contribution is -2.53. The van der Waals surface area contributed by atoms with Crippen LogP contribution in [0.1, 0.15) is 20.8 Å². The topological polar surface area (TPSA) is 67.6 Å². The summed E-state index contributed by atoms with van der Waals surface area (Å²) in [6.45, 7) is 6.63. The Morgan fingerprint density at radius 1 is 1.39 bits per heavy atom. The molecule has 0 unspecified atom stereocenters. The van der Waals surface area contributed by atoms with Gasteiger partial charge in [0.1, 0.15) is 5.60 Å². The molecule has 126 valence electrons. The third kappa shape index (κ3) is 4.94. The average Bonchev–Trinajstić information content (AvgIpc) is 2.33. The first kappa shape index (κ1) is 17.8. The predicted octanol–water partition coefficient (Wildman–Crippen LogP) is 4.07. The number of hydrogen-bond donors (Lipinski definition) is 2. The van der Waals surface area contributed by atoms with Gasteiger partial charge in [-0.25, -0.2) is 4.79 Å². The van der Waals surface area contributed by atoms with Crippen LogP contribution >= 0.6 is 23.2 Å². The number of benzene rings is 1. The molecule has 1 aliphatic heterocycles. The zero-order valence-electron chi connectivity index (χ0n) is 13.4. The van der Waals surface area contributed by atoms with Gasteiger partial charge in [-0.15, -0.1) is 0 Å². The van der Waals surface area contributed by atoms with Crippen molar-refractivity contribution >= 4 is 35.0 Å². The molecule has 1 aromatic carbocycles. The highest BCUT2D eigenvalue weighted by atomic mass is 35.5. The number of carbonyl (C=O) groups is 1. The zero-order chi connectivity index (χ0) is 17.2. The van der Waals surface area contributed by atoms with Crippen LogP contribution in [0.5, 0.6) is 0 Å². The number of halogens is 2. The van der Waals surface area contributed by atoms with E-state index in [0.29, 0.717) is 28.8 Å². The van der Waals surface area contributed by atoms with Crippen molar-refractivity contribution in [3.05, 3.63) is 40.1 Å². The first-order valence-electron chi connectivity index (χ1n) is 7.31. The fourth-order valence-corrected chi connectivity index (χ4v) is 2.51. The summed E-state index contributed by atoms with van der Waals surface area (Å²) in [7, 11) is 0. The Morgan fingerprint density at radius 2 is 2.04 bits per heavy atom. The maximum Gasteiger partial charge on any atom is 0.410 e. The van der Waals surface area contributed by atoms with Crippen molar-refractivity contribution < 1.29 is 9.53 Å². The second kappa shape index (κ2) is 6.89. The van der Waals surface area contributed by atoms with Crippen LogP contribution < -0.4 is 11.1 Å². The second-order valence-corrected chi connectivity index (χ2v) is 7.34. The number of nitrogens with zero attached hydrogens (tertiary/aromatic N) is 1. The molecule has 0 bridgehead atoms. The number of likely N-dealkylation sites (tertiary alicyclic amines) is 1. The lowest BCUT2D eigenvalue weighted by atomic mass is 9.97. The summed E-state index contributed by atoms with van der Waals surface area (Å²) >= 11 is 11.9. The molecule has 0 spiro atoms. The molecule has 0 atom stereocenters. The largest absolute Gasteiger partial charge is 0.444 e. The molecule has 7 heteroatoms. The van der Waals surface area contributed by atoms with Gasteiger partial charge < -0.3 is 20.7 Å². The van der Waals surface area contributed by atoms with Gasteiger partial charge in [-0.3, -0.25) is 0 Å². The summed E-state index contributed by atoms with van der Waals surface area (Å²) < 4.78 is 5.31. The molecule has 1 heterocycles. The van der Waals surface area contributed by atoms with Gasteiger partial charge in [0.25, 0.3) is 0 Å². The van der Waals surface area contributed by atoms with Crippen molar-refractivity contribution in [3.63, 3.8) is 0 Å². The molecule has 2 rings (SSSR count). The fourth-order valence-electron chi connectivity index (χ4n) is 2.05. The predicted molar refractivity (Wildman–Crippen MR) is 93.7 cm³/mol. The third-order valence-corrected chi connectivity index (χ3v) is 3.88. The number of rotatable bonds is 3. The van der Waals surface area contributed by atoms with E-state index in [9.17, 15) is 4.79 Å². The van der Waals surface area contributed by atoms with Crippen LogP contribution in [0.15, 0.2) is 30.1 Å². The first-order valence-corrected chi connectivity index (χ1v) is 8.06. The first-order chi connectivity index (χ1) is 10.7. The van der Waals surface area contributed by atoms with Crippen molar-refractivity contribution in [2.24, 2.45) is 11.7 Å². The van der Waals surface area contributed by atoms with E-state index in [1.807, 2.05) is 20.8 Å². The van der Waals surface area contributed by atoms with Gasteiger partial charge in [-0.05, 0) is 39.0 Å². The summed E-state index contributed by atoms with van der Waals surface area (Å²) in [4.78, 5) is 13.5. The van der Waals surface area contributed by atoms with E-state index in [-0.39, 0.29) is 12.0 Å². The van der Waals surface area contributed by atoms with Gasteiger partial charge in [0.15, 0.2) is 0 Å². The van der Waals surface area contributed by atoms with Gasteiger partial charge in [0, 0.05) is 35.9 Å². The maximum atomic E-state index is 11.9. The van der Waals surface area contributed by atoms with Gasteiger partial charge >= 0.3 is 6.09 Å². The molecular formula is C16H21Cl2N3O2. The lowest BCUT2D eigenvalue weighted by molar-refractivity contribution is 0.00355. The second-order valence-electron chi connectivity index (χ2n) is 6.50. The van der Waals surface area contributed by atoms with E-state index in [1.165, 1.54) is 0 Å². The van der Waals surface area contributed by atoms with Crippen molar-refractivity contribution in [3.8, 4) is 0 Å². The van der Waals surface area contributed by atoms with E-state index in [1.54, 1.807) is 29.3 Å². The van der Waals surface area contributed by atoms with E-state index < -0.39 is 5.60 Å². The molecule has 5 nitrogen and oxygen atoms in total. The van der Waals surface area contributed by atoms with Crippen LogP contribution in [0.3, 0.4) is 0 Å². The van der Waals surface area contributed by atoms with Crippen LogP contribution in [0.2, 0.25) is 10.0 Å². The lowest BCUT2D eigenvalue weighted by Gasteiger charge is -2.39. The number of amides is 1. The summed E-state index contributed by atoms with van der Waals surface area (Å²) in [5.41, 5.74) is 6.94. The molecule has 0 aromatic heterocycles. The highest BCUT2D eigenvalue weighted by Crippen LogP contribution is 2.27. The standard InChI is InChI=1S/C16H21Cl2N3O2/c1-16(2,3)23-15(22)21-8-10(9-21)13(19)7-20-14-5-4-11(17)6-12(14)18/h4-7,10,20H,8-9,19H2,1-3H3/b13-7-. The smallest absolute Gasteiger partial charge is 0.410 e. The fraction of sp³-hybridized carbons (Fsp3) is 0.438. The summed E-state index contributed by atoms with van der Waals surface area (Å²) in [6.07, 6.45) is 1.39. The Bertz CT molecular complexity index is 620.